The van der Waals surface area contributed by atoms with E-state index in [0.717, 1.165) is 5.56 Å². The summed E-state index contributed by atoms with van der Waals surface area (Å²) in [6.45, 7) is 2.01. The third-order valence-corrected chi connectivity index (χ3v) is 3.59. The summed E-state index contributed by atoms with van der Waals surface area (Å²) in [6, 6.07) is 9.36. The van der Waals surface area contributed by atoms with Gasteiger partial charge in [0.1, 0.15) is 5.82 Å². The van der Waals surface area contributed by atoms with Gasteiger partial charge in [0.05, 0.1) is 18.6 Å². The van der Waals surface area contributed by atoms with Crippen molar-refractivity contribution in [3.8, 4) is 0 Å². The number of benzene rings is 1. The van der Waals surface area contributed by atoms with E-state index >= 15 is 0 Å². The fourth-order valence-corrected chi connectivity index (χ4v) is 2.34. The summed E-state index contributed by atoms with van der Waals surface area (Å²) in [5, 5.41) is 0. The first-order valence-electron chi connectivity index (χ1n) is 7.53. The summed E-state index contributed by atoms with van der Waals surface area (Å²) in [5.74, 6) is -2.02. The minimum absolute atomic E-state index is 0.0292. The molecule has 5 nitrogen and oxygen atoms in total. The van der Waals surface area contributed by atoms with Gasteiger partial charge in [0.25, 0.3) is 5.91 Å². The maximum absolute atomic E-state index is 13.9. The quantitative estimate of drug-likeness (QED) is 0.764. The number of carbonyl (C=O) groups is 2. The Labute approximate surface area is 140 Å². The number of methoxy groups -OCH3 is 1. The molecule has 0 spiro atoms. The van der Waals surface area contributed by atoms with Crippen LogP contribution >= 0.6 is 0 Å². The molecule has 1 aromatic carbocycles. The Morgan fingerprint density at radius 2 is 2.00 bits per heavy atom. The van der Waals surface area contributed by atoms with E-state index in [9.17, 15) is 14.0 Å². The van der Waals surface area contributed by atoms with Gasteiger partial charge in [-0.15, -0.1) is 0 Å². The Kier molecular flexibility index (Phi) is 6.01. The number of pyridine rings is 1. The van der Waals surface area contributed by atoms with Gasteiger partial charge in [-0.05, 0) is 23.8 Å². The summed E-state index contributed by atoms with van der Waals surface area (Å²) in [4.78, 5) is 29.9. The van der Waals surface area contributed by atoms with Crippen LogP contribution in [0.4, 0.5) is 4.39 Å². The summed E-state index contributed by atoms with van der Waals surface area (Å²) in [6.07, 6.45) is 3.26. The van der Waals surface area contributed by atoms with Gasteiger partial charge in [-0.1, -0.05) is 25.1 Å². The van der Waals surface area contributed by atoms with Gasteiger partial charge in [-0.3, -0.25) is 14.6 Å². The summed E-state index contributed by atoms with van der Waals surface area (Å²) >= 11 is 0. The average molecular weight is 330 g/mol. The summed E-state index contributed by atoms with van der Waals surface area (Å²) in [7, 11) is 1.29. The highest BCUT2D eigenvalue weighted by atomic mass is 19.1. The first-order chi connectivity index (χ1) is 11.5. The maximum Gasteiger partial charge on any atom is 0.310 e. The van der Waals surface area contributed by atoms with Crippen molar-refractivity contribution in [2.45, 2.75) is 13.5 Å². The molecular formula is C18H19FN2O3. The molecule has 1 heterocycles. The van der Waals surface area contributed by atoms with Crippen molar-refractivity contribution in [2.24, 2.45) is 5.92 Å². The molecule has 1 unspecified atom stereocenters. The van der Waals surface area contributed by atoms with Crippen LogP contribution in [-0.4, -0.2) is 35.4 Å². The van der Waals surface area contributed by atoms with Crippen LogP contribution in [0.1, 0.15) is 22.8 Å². The Morgan fingerprint density at radius 1 is 1.25 bits per heavy atom. The highest BCUT2D eigenvalue weighted by molar-refractivity contribution is 5.94. The Bertz CT molecular complexity index is 706. The van der Waals surface area contributed by atoms with Crippen LogP contribution < -0.4 is 0 Å². The molecule has 2 aromatic rings. The van der Waals surface area contributed by atoms with Gasteiger partial charge in [-0.25, -0.2) is 4.39 Å². The van der Waals surface area contributed by atoms with Crippen LogP contribution in [0.15, 0.2) is 48.8 Å². The molecule has 126 valence electrons. The molecule has 0 N–H and O–H groups in total. The van der Waals surface area contributed by atoms with Gasteiger partial charge < -0.3 is 9.64 Å². The molecule has 1 atom stereocenters. The molecule has 2 rings (SSSR count). The van der Waals surface area contributed by atoms with E-state index < -0.39 is 23.6 Å². The molecule has 1 amide bonds. The van der Waals surface area contributed by atoms with Crippen molar-refractivity contribution < 1.29 is 18.7 Å². The predicted molar refractivity (Wildman–Crippen MR) is 86.6 cm³/mol. The lowest BCUT2D eigenvalue weighted by Gasteiger charge is -2.25. The number of halogens is 1. The Hall–Kier alpha value is -2.76. The lowest BCUT2D eigenvalue weighted by atomic mass is 10.1. The van der Waals surface area contributed by atoms with E-state index in [4.69, 9.17) is 4.74 Å². The van der Waals surface area contributed by atoms with Crippen LogP contribution in [0, 0.1) is 11.7 Å². The zero-order valence-corrected chi connectivity index (χ0v) is 13.6. The fraction of sp³-hybridized carbons (Fsp3) is 0.278. The number of nitrogens with zero attached hydrogens (tertiary/aromatic N) is 2. The van der Waals surface area contributed by atoms with Crippen molar-refractivity contribution in [1.82, 2.24) is 9.88 Å². The molecule has 6 heteroatoms. The second kappa shape index (κ2) is 8.19. The number of hydrogen-bond donors (Lipinski definition) is 0. The third kappa shape index (κ3) is 4.38. The largest absolute Gasteiger partial charge is 0.469 e. The monoisotopic (exact) mass is 330 g/mol. The van der Waals surface area contributed by atoms with Crippen molar-refractivity contribution >= 4 is 11.9 Å². The van der Waals surface area contributed by atoms with Crippen molar-refractivity contribution in [3.63, 3.8) is 0 Å². The van der Waals surface area contributed by atoms with Crippen LogP contribution in [0.3, 0.4) is 0 Å². The lowest BCUT2D eigenvalue weighted by molar-refractivity contribution is -0.145. The second-order valence-corrected chi connectivity index (χ2v) is 5.45. The zero-order chi connectivity index (χ0) is 17.5. The fourth-order valence-electron chi connectivity index (χ4n) is 2.34. The molecule has 1 aromatic heterocycles. The standard InChI is InChI=1S/C18H19FN2O3/c1-13(18(23)24-2)11-21(12-14-6-5-9-20-10-14)17(22)15-7-3-4-8-16(15)19/h3-10,13H,11-12H2,1-2H3. The number of esters is 1. The normalized spacial score (nSPS) is 11.6. The highest BCUT2D eigenvalue weighted by Crippen LogP contribution is 2.15. The Morgan fingerprint density at radius 3 is 2.62 bits per heavy atom. The average Bonchev–Trinajstić information content (AvgIpc) is 2.61. The maximum atomic E-state index is 13.9. The van der Waals surface area contributed by atoms with Crippen LogP contribution in [0.2, 0.25) is 0 Å². The molecule has 0 bridgehead atoms. The SMILES string of the molecule is COC(=O)C(C)CN(Cc1cccnc1)C(=O)c1ccccc1F. The van der Waals surface area contributed by atoms with E-state index in [1.54, 1.807) is 31.5 Å². The second-order valence-electron chi connectivity index (χ2n) is 5.45. The van der Waals surface area contributed by atoms with Gasteiger partial charge in [0.15, 0.2) is 0 Å². The number of carbonyl (C=O) groups excluding carboxylic acids is 2. The van der Waals surface area contributed by atoms with E-state index in [1.807, 2.05) is 6.07 Å². The molecule has 0 saturated carbocycles. The first-order valence-corrected chi connectivity index (χ1v) is 7.53. The minimum atomic E-state index is -0.593. The van der Waals surface area contributed by atoms with E-state index in [0.29, 0.717) is 0 Å². The smallest absolute Gasteiger partial charge is 0.310 e. The predicted octanol–water partition coefficient (Wildman–Crippen LogP) is 2.67. The number of ether oxygens (including phenoxy) is 1. The van der Waals surface area contributed by atoms with Crippen LogP contribution in [-0.2, 0) is 16.1 Å². The van der Waals surface area contributed by atoms with E-state index in [1.165, 1.54) is 30.2 Å². The molecule has 0 aliphatic heterocycles. The number of amides is 1. The molecule has 24 heavy (non-hydrogen) atoms. The van der Waals surface area contributed by atoms with Gasteiger partial charge >= 0.3 is 5.97 Å². The van der Waals surface area contributed by atoms with Gasteiger partial charge in [0.2, 0.25) is 0 Å². The third-order valence-electron chi connectivity index (χ3n) is 3.59. The van der Waals surface area contributed by atoms with E-state index in [-0.39, 0.29) is 18.7 Å². The Balaban J connectivity index is 2.26. The zero-order valence-electron chi connectivity index (χ0n) is 13.6. The first kappa shape index (κ1) is 17.6. The molecular weight excluding hydrogens is 311 g/mol. The topological polar surface area (TPSA) is 59.5 Å². The molecule has 0 saturated heterocycles. The van der Waals surface area contributed by atoms with E-state index in [2.05, 4.69) is 4.98 Å². The number of hydrogen-bond acceptors (Lipinski definition) is 4. The van der Waals surface area contributed by atoms with Crippen LogP contribution in [0.5, 0.6) is 0 Å². The number of aromatic nitrogens is 1. The van der Waals surface area contributed by atoms with Crippen molar-refractivity contribution in [1.29, 1.82) is 0 Å². The molecule has 0 aliphatic rings. The van der Waals surface area contributed by atoms with Gasteiger partial charge in [0, 0.05) is 25.5 Å². The summed E-state index contributed by atoms with van der Waals surface area (Å²) < 4.78 is 18.7. The van der Waals surface area contributed by atoms with Crippen molar-refractivity contribution in [2.75, 3.05) is 13.7 Å². The summed E-state index contributed by atoms with van der Waals surface area (Å²) in [5.41, 5.74) is 0.762. The highest BCUT2D eigenvalue weighted by Gasteiger charge is 2.24. The van der Waals surface area contributed by atoms with Crippen molar-refractivity contribution in [3.05, 3.63) is 65.7 Å². The lowest BCUT2D eigenvalue weighted by Crippen LogP contribution is -2.37. The van der Waals surface area contributed by atoms with Gasteiger partial charge in [-0.2, -0.15) is 0 Å². The van der Waals surface area contributed by atoms with Crippen LogP contribution in [0.25, 0.3) is 0 Å². The molecule has 0 fully saturated rings. The number of rotatable bonds is 6. The minimum Gasteiger partial charge on any atom is -0.469 e. The molecule has 0 aliphatic carbocycles. The molecule has 0 radical (unpaired) electrons.